The second kappa shape index (κ2) is 7.80. The van der Waals surface area contributed by atoms with Crippen molar-refractivity contribution in [2.75, 3.05) is 43.3 Å². The van der Waals surface area contributed by atoms with Crippen LogP contribution in [0.4, 0.5) is 11.4 Å². The van der Waals surface area contributed by atoms with Crippen LogP contribution in [-0.2, 0) is 11.3 Å². The molecule has 1 saturated heterocycles. The highest BCUT2D eigenvalue weighted by Gasteiger charge is 2.15. The zero-order valence-corrected chi connectivity index (χ0v) is 15.2. The van der Waals surface area contributed by atoms with Crippen LogP contribution in [0.25, 0.3) is 0 Å². The summed E-state index contributed by atoms with van der Waals surface area (Å²) in [6.45, 7) is 4.17. The molecule has 0 bridgehead atoms. The fraction of sp³-hybridized carbons (Fsp3) is 0.316. The summed E-state index contributed by atoms with van der Waals surface area (Å²) >= 11 is 5.47. The minimum absolute atomic E-state index is 0.282. The molecular formula is C19H21N3O3S. The summed E-state index contributed by atoms with van der Waals surface area (Å²) in [4.78, 5) is 2.31. The van der Waals surface area contributed by atoms with Gasteiger partial charge in [-0.05, 0) is 42.0 Å². The van der Waals surface area contributed by atoms with Crippen molar-refractivity contribution >= 4 is 28.7 Å². The molecule has 6 nitrogen and oxygen atoms in total. The van der Waals surface area contributed by atoms with Crippen molar-refractivity contribution in [3.63, 3.8) is 0 Å². The summed E-state index contributed by atoms with van der Waals surface area (Å²) < 4.78 is 16.2. The average Bonchev–Trinajstić information content (AvgIpc) is 3.15. The topological polar surface area (TPSA) is 55.0 Å². The minimum atomic E-state index is 0.282. The lowest BCUT2D eigenvalue weighted by Gasteiger charge is -2.30. The van der Waals surface area contributed by atoms with Crippen molar-refractivity contribution < 1.29 is 14.2 Å². The van der Waals surface area contributed by atoms with E-state index in [1.54, 1.807) is 0 Å². The number of nitrogens with zero attached hydrogens (tertiary/aromatic N) is 1. The standard InChI is InChI=1S/C19H21N3O3S/c26-19(20-12-14-5-6-17-18(11-14)25-13-24-17)21-15-3-1-2-4-16(15)22-7-9-23-10-8-22/h1-6,11H,7-10,12-13H2,(H2,20,21,26). The van der Waals surface area contributed by atoms with Crippen molar-refractivity contribution in [3.05, 3.63) is 48.0 Å². The largest absolute Gasteiger partial charge is 0.454 e. The quantitative estimate of drug-likeness (QED) is 0.802. The van der Waals surface area contributed by atoms with Crippen molar-refractivity contribution in [2.24, 2.45) is 0 Å². The van der Waals surface area contributed by atoms with Crippen molar-refractivity contribution in [3.8, 4) is 11.5 Å². The van der Waals surface area contributed by atoms with E-state index < -0.39 is 0 Å². The maximum atomic E-state index is 5.47. The number of thiocarbonyl (C=S) groups is 1. The highest BCUT2D eigenvalue weighted by Crippen LogP contribution is 2.32. The lowest BCUT2D eigenvalue weighted by Crippen LogP contribution is -2.37. The number of fused-ring (bicyclic) bond motifs is 1. The first-order valence-electron chi connectivity index (χ1n) is 8.65. The van der Waals surface area contributed by atoms with Crippen LogP contribution in [0.15, 0.2) is 42.5 Å². The molecule has 2 aromatic rings. The fourth-order valence-corrected chi connectivity index (χ4v) is 3.24. The van der Waals surface area contributed by atoms with Gasteiger partial charge in [0, 0.05) is 19.6 Å². The van der Waals surface area contributed by atoms with Crippen LogP contribution in [0, 0.1) is 0 Å². The first kappa shape index (κ1) is 16.9. The predicted octanol–water partition coefficient (Wildman–Crippen LogP) is 2.74. The summed E-state index contributed by atoms with van der Waals surface area (Å²) in [7, 11) is 0. The number of rotatable bonds is 4. The number of para-hydroxylation sites is 2. The Morgan fingerprint density at radius 2 is 1.85 bits per heavy atom. The van der Waals surface area contributed by atoms with Gasteiger partial charge < -0.3 is 29.7 Å². The summed E-state index contributed by atoms with van der Waals surface area (Å²) in [5.74, 6) is 1.56. The number of anilines is 2. The highest BCUT2D eigenvalue weighted by atomic mass is 32.1. The summed E-state index contributed by atoms with van der Waals surface area (Å²) in [5, 5.41) is 7.15. The van der Waals surface area contributed by atoms with Gasteiger partial charge in [-0.15, -0.1) is 0 Å². The number of nitrogens with one attached hydrogen (secondary N) is 2. The second-order valence-electron chi connectivity index (χ2n) is 6.11. The summed E-state index contributed by atoms with van der Waals surface area (Å²) in [6.07, 6.45) is 0. The van der Waals surface area contributed by atoms with Gasteiger partial charge in [-0.3, -0.25) is 0 Å². The lowest BCUT2D eigenvalue weighted by molar-refractivity contribution is 0.123. The third-order valence-corrected chi connectivity index (χ3v) is 4.64. The van der Waals surface area contributed by atoms with Gasteiger partial charge in [0.1, 0.15) is 0 Å². The number of benzene rings is 2. The Morgan fingerprint density at radius 3 is 2.73 bits per heavy atom. The first-order valence-corrected chi connectivity index (χ1v) is 9.05. The summed E-state index contributed by atoms with van der Waals surface area (Å²) in [6, 6.07) is 14.1. The van der Waals surface area contributed by atoms with E-state index in [4.69, 9.17) is 26.4 Å². The SMILES string of the molecule is S=C(NCc1ccc2c(c1)OCO2)Nc1ccccc1N1CCOCC1. The van der Waals surface area contributed by atoms with Crippen LogP contribution in [0.3, 0.4) is 0 Å². The van der Waals surface area contributed by atoms with E-state index in [-0.39, 0.29) is 6.79 Å². The molecule has 0 aromatic heterocycles. The molecule has 2 aliphatic rings. The molecule has 0 spiro atoms. The molecule has 2 aliphatic heterocycles. The van der Waals surface area contributed by atoms with E-state index in [1.165, 1.54) is 0 Å². The van der Waals surface area contributed by atoms with Gasteiger partial charge in [-0.2, -0.15) is 0 Å². The Kier molecular flexibility index (Phi) is 5.08. The third-order valence-electron chi connectivity index (χ3n) is 4.39. The van der Waals surface area contributed by atoms with Crippen molar-refractivity contribution in [1.82, 2.24) is 5.32 Å². The van der Waals surface area contributed by atoms with Gasteiger partial charge in [-0.1, -0.05) is 18.2 Å². The zero-order valence-electron chi connectivity index (χ0n) is 14.4. The van der Waals surface area contributed by atoms with Gasteiger partial charge >= 0.3 is 0 Å². The molecule has 2 N–H and O–H groups in total. The molecule has 0 saturated carbocycles. The van der Waals surface area contributed by atoms with Gasteiger partial charge in [0.05, 0.1) is 24.6 Å². The van der Waals surface area contributed by atoms with Gasteiger partial charge in [0.2, 0.25) is 6.79 Å². The van der Waals surface area contributed by atoms with Gasteiger partial charge in [0.25, 0.3) is 0 Å². The third kappa shape index (κ3) is 3.84. The molecule has 136 valence electrons. The molecule has 2 heterocycles. The molecule has 26 heavy (non-hydrogen) atoms. The molecule has 0 radical (unpaired) electrons. The van der Waals surface area contributed by atoms with E-state index in [0.29, 0.717) is 11.7 Å². The Morgan fingerprint density at radius 1 is 1.04 bits per heavy atom. The van der Waals surface area contributed by atoms with E-state index in [9.17, 15) is 0 Å². The molecular weight excluding hydrogens is 350 g/mol. The molecule has 0 atom stereocenters. The van der Waals surface area contributed by atoms with E-state index in [2.05, 4.69) is 21.6 Å². The van der Waals surface area contributed by atoms with Crippen LogP contribution >= 0.6 is 12.2 Å². The molecule has 7 heteroatoms. The molecule has 0 aliphatic carbocycles. The maximum absolute atomic E-state index is 5.47. The number of ether oxygens (including phenoxy) is 3. The molecule has 0 unspecified atom stereocenters. The molecule has 4 rings (SSSR count). The fourth-order valence-electron chi connectivity index (χ4n) is 3.06. The van der Waals surface area contributed by atoms with Crippen LogP contribution in [0.2, 0.25) is 0 Å². The molecule has 0 amide bonds. The first-order chi connectivity index (χ1) is 12.8. The Hall–Kier alpha value is -2.51. The second-order valence-corrected chi connectivity index (χ2v) is 6.52. The van der Waals surface area contributed by atoms with Gasteiger partial charge in [-0.25, -0.2) is 0 Å². The van der Waals surface area contributed by atoms with E-state index >= 15 is 0 Å². The van der Waals surface area contributed by atoms with E-state index in [1.807, 2.05) is 36.4 Å². The predicted molar refractivity (Wildman–Crippen MR) is 105 cm³/mol. The van der Waals surface area contributed by atoms with Crippen LogP contribution < -0.4 is 25.0 Å². The summed E-state index contributed by atoms with van der Waals surface area (Å²) in [5.41, 5.74) is 3.22. The average molecular weight is 371 g/mol. The lowest BCUT2D eigenvalue weighted by atomic mass is 10.2. The molecule has 2 aromatic carbocycles. The van der Waals surface area contributed by atoms with Crippen LogP contribution in [-0.4, -0.2) is 38.2 Å². The maximum Gasteiger partial charge on any atom is 0.231 e. The minimum Gasteiger partial charge on any atom is -0.454 e. The monoisotopic (exact) mass is 371 g/mol. The number of morpholine rings is 1. The van der Waals surface area contributed by atoms with Gasteiger partial charge in [0.15, 0.2) is 16.6 Å². The van der Waals surface area contributed by atoms with Crippen molar-refractivity contribution in [1.29, 1.82) is 0 Å². The zero-order chi connectivity index (χ0) is 17.8. The highest BCUT2D eigenvalue weighted by molar-refractivity contribution is 7.80. The number of hydrogen-bond donors (Lipinski definition) is 2. The van der Waals surface area contributed by atoms with Crippen molar-refractivity contribution in [2.45, 2.75) is 6.54 Å². The normalized spacial score (nSPS) is 15.6. The smallest absolute Gasteiger partial charge is 0.231 e. The Balaban J connectivity index is 1.37. The number of hydrogen-bond acceptors (Lipinski definition) is 5. The Bertz CT molecular complexity index is 793. The Labute approximate surface area is 158 Å². The molecule has 1 fully saturated rings. The van der Waals surface area contributed by atoms with E-state index in [0.717, 1.165) is 54.7 Å². The van der Waals surface area contributed by atoms with Crippen LogP contribution in [0.5, 0.6) is 11.5 Å². The van der Waals surface area contributed by atoms with Crippen LogP contribution in [0.1, 0.15) is 5.56 Å².